The Labute approximate surface area is 147 Å². The number of carboxylic acid groups (broad SMARTS) is 1. The zero-order valence-corrected chi connectivity index (χ0v) is 15.1. The van der Waals surface area contributed by atoms with Gasteiger partial charge in [-0.2, -0.15) is 0 Å². The Morgan fingerprint density at radius 2 is 2.00 bits per heavy atom. The van der Waals surface area contributed by atoms with Crippen LogP contribution in [0.15, 0.2) is 24.3 Å². The number of sulfonamides is 1. The number of benzene rings is 1. The van der Waals surface area contributed by atoms with Gasteiger partial charge in [0, 0.05) is 12.1 Å². The lowest BCUT2D eigenvalue weighted by molar-refractivity contribution is -0.137. The average Bonchev–Trinajstić information content (AvgIpc) is 2.51. The Hall–Kier alpha value is -1.97. The molecule has 0 aromatic heterocycles. The van der Waals surface area contributed by atoms with E-state index < -0.39 is 21.9 Å². The van der Waals surface area contributed by atoms with Crippen LogP contribution < -0.4 is 10.0 Å². The van der Waals surface area contributed by atoms with Crippen LogP contribution in [0.4, 0.5) is 5.69 Å². The third-order valence-corrected chi connectivity index (χ3v) is 4.38. The highest BCUT2D eigenvalue weighted by Crippen LogP contribution is 2.12. The van der Waals surface area contributed by atoms with Gasteiger partial charge in [-0.25, -0.2) is 13.1 Å². The molecule has 0 unspecified atom stereocenters. The largest absolute Gasteiger partial charge is 0.481 e. The Kier molecular flexibility index (Phi) is 8.53. The number of hydrogen-bond donors (Lipinski definition) is 3. The fourth-order valence-corrected chi connectivity index (χ4v) is 2.71. The zero-order chi connectivity index (χ0) is 18.9. The highest BCUT2D eigenvalue weighted by Gasteiger charge is 2.13. The van der Waals surface area contributed by atoms with Crippen molar-refractivity contribution in [3.8, 4) is 0 Å². The summed E-state index contributed by atoms with van der Waals surface area (Å²) in [7, 11) is -3.59. The molecular formula is C16H24N2O6S. The van der Waals surface area contributed by atoms with Crippen molar-refractivity contribution in [2.24, 2.45) is 0 Å². The van der Waals surface area contributed by atoms with Crippen molar-refractivity contribution in [2.75, 3.05) is 24.2 Å². The zero-order valence-electron chi connectivity index (χ0n) is 14.3. The summed E-state index contributed by atoms with van der Waals surface area (Å²) >= 11 is 0. The van der Waals surface area contributed by atoms with E-state index in [0.717, 1.165) is 5.56 Å². The van der Waals surface area contributed by atoms with Crippen LogP contribution >= 0.6 is 0 Å². The number of carbonyl (C=O) groups is 2. The van der Waals surface area contributed by atoms with Crippen LogP contribution in [0.2, 0.25) is 0 Å². The molecule has 1 aromatic rings. The molecule has 0 radical (unpaired) electrons. The summed E-state index contributed by atoms with van der Waals surface area (Å²) in [6.07, 6.45) is 0.281. The summed E-state index contributed by atoms with van der Waals surface area (Å²) < 4.78 is 30.9. The maximum absolute atomic E-state index is 11.9. The molecule has 1 amide bonds. The predicted octanol–water partition coefficient (Wildman–Crippen LogP) is 0.987. The molecule has 25 heavy (non-hydrogen) atoms. The van der Waals surface area contributed by atoms with Gasteiger partial charge in [0.1, 0.15) is 0 Å². The second kappa shape index (κ2) is 10.1. The highest BCUT2D eigenvalue weighted by atomic mass is 32.2. The Balaban J connectivity index is 2.46. The van der Waals surface area contributed by atoms with Gasteiger partial charge in [0.2, 0.25) is 15.9 Å². The summed E-state index contributed by atoms with van der Waals surface area (Å²) in [5.41, 5.74) is 1.25. The number of aryl methyl sites for hydroxylation is 1. The van der Waals surface area contributed by atoms with Crippen LogP contribution in [0, 0.1) is 0 Å². The topological polar surface area (TPSA) is 122 Å². The summed E-state index contributed by atoms with van der Waals surface area (Å²) in [6, 6.07) is 6.76. The van der Waals surface area contributed by atoms with Crippen LogP contribution in [0.3, 0.4) is 0 Å². The predicted molar refractivity (Wildman–Crippen MR) is 93.9 cm³/mol. The number of carbonyl (C=O) groups excluding carboxylic acids is 1. The minimum Gasteiger partial charge on any atom is -0.481 e. The van der Waals surface area contributed by atoms with E-state index in [0.29, 0.717) is 12.1 Å². The van der Waals surface area contributed by atoms with Crippen molar-refractivity contribution in [1.29, 1.82) is 0 Å². The number of rotatable bonds is 11. The number of ether oxygens (including phenoxy) is 1. The molecule has 0 saturated carbocycles. The number of hydrogen-bond acceptors (Lipinski definition) is 5. The minimum atomic E-state index is -3.59. The summed E-state index contributed by atoms with van der Waals surface area (Å²) in [5, 5.41) is 11.3. The van der Waals surface area contributed by atoms with E-state index >= 15 is 0 Å². The molecule has 8 nitrogen and oxygen atoms in total. The lowest BCUT2D eigenvalue weighted by Crippen LogP contribution is -2.35. The number of nitrogens with one attached hydrogen (secondary N) is 2. The normalized spacial score (nSPS) is 11.5. The quantitative estimate of drug-likeness (QED) is 0.532. The molecule has 0 fully saturated rings. The van der Waals surface area contributed by atoms with Crippen molar-refractivity contribution < 1.29 is 27.9 Å². The van der Waals surface area contributed by atoms with E-state index in [1.807, 2.05) is 0 Å². The first-order valence-corrected chi connectivity index (χ1v) is 9.52. The van der Waals surface area contributed by atoms with E-state index in [4.69, 9.17) is 9.84 Å². The Morgan fingerprint density at radius 3 is 2.64 bits per heavy atom. The molecule has 0 aliphatic heterocycles. The second-order valence-electron chi connectivity index (χ2n) is 5.70. The molecule has 0 aliphatic carbocycles. The molecule has 0 spiro atoms. The Bertz CT molecular complexity index is 688. The van der Waals surface area contributed by atoms with Crippen LogP contribution in [0.1, 0.15) is 25.8 Å². The van der Waals surface area contributed by atoms with Crippen LogP contribution in [0.5, 0.6) is 0 Å². The number of amides is 1. The molecule has 1 aromatic carbocycles. The first-order valence-electron chi connectivity index (χ1n) is 7.87. The van der Waals surface area contributed by atoms with Gasteiger partial charge in [0.25, 0.3) is 0 Å². The maximum Gasteiger partial charge on any atom is 0.303 e. The summed E-state index contributed by atoms with van der Waals surface area (Å²) in [6.45, 7) is 3.28. The third kappa shape index (κ3) is 9.80. The Morgan fingerprint density at radius 1 is 1.28 bits per heavy atom. The fraction of sp³-hybridized carbons (Fsp3) is 0.500. The lowest BCUT2D eigenvalue weighted by atomic mass is 10.1. The van der Waals surface area contributed by atoms with Crippen LogP contribution in [0.25, 0.3) is 0 Å². The van der Waals surface area contributed by atoms with E-state index in [2.05, 4.69) is 10.0 Å². The SMILES string of the molecule is CC(C)OCCS(=O)(=O)NCC(=O)Nc1cccc(CCC(=O)O)c1. The molecule has 3 N–H and O–H groups in total. The van der Waals surface area contributed by atoms with E-state index in [9.17, 15) is 18.0 Å². The van der Waals surface area contributed by atoms with Gasteiger partial charge in [0.05, 0.1) is 25.0 Å². The summed E-state index contributed by atoms with van der Waals surface area (Å²) in [5.74, 6) is -1.63. The van der Waals surface area contributed by atoms with Crippen molar-refractivity contribution in [3.63, 3.8) is 0 Å². The molecule has 0 saturated heterocycles. The molecule has 0 heterocycles. The highest BCUT2D eigenvalue weighted by molar-refractivity contribution is 7.89. The molecule has 1 rings (SSSR count). The van der Waals surface area contributed by atoms with Gasteiger partial charge in [-0.1, -0.05) is 12.1 Å². The number of anilines is 1. The molecule has 0 bridgehead atoms. The molecule has 0 aliphatic rings. The van der Waals surface area contributed by atoms with E-state index in [-0.39, 0.29) is 31.4 Å². The molecule has 9 heteroatoms. The maximum atomic E-state index is 11.9. The van der Waals surface area contributed by atoms with Gasteiger partial charge in [-0.05, 0) is 38.0 Å². The summed E-state index contributed by atoms with van der Waals surface area (Å²) in [4.78, 5) is 22.4. The van der Waals surface area contributed by atoms with Crippen LogP contribution in [-0.2, 0) is 30.8 Å². The van der Waals surface area contributed by atoms with E-state index in [1.54, 1.807) is 38.1 Å². The van der Waals surface area contributed by atoms with Crippen molar-refractivity contribution >= 4 is 27.6 Å². The smallest absolute Gasteiger partial charge is 0.303 e. The van der Waals surface area contributed by atoms with Gasteiger partial charge in [-0.15, -0.1) is 0 Å². The monoisotopic (exact) mass is 372 g/mol. The van der Waals surface area contributed by atoms with Gasteiger partial charge < -0.3 is 15.2 Å². The first-order chi connectivity index (χ1) is 11.7. The number of aliphatic carboxylic acids is 1. The third-order valence-electron chi connectivity index (χ3n) is 3.09. The molecule has 0 atom stereocenters. The van der Waals surface area contributed by atoms with E-state index in [1.165, 1.54) is 0 Å². The number of carboxylic acids is 1. The van der Waals surface area contributed by atoms with Crippen LogP contribution in [-0.4, -0.2) is 50.4 Å². The molecular weight excluding hydrogens is 348 g/mol. The average molecular weight is 372 g/mol. The van der Waals surface area contributed by atoms with Crippen molar-refractivity contribution in [1.82, 2.24) is 4.72 Å². The van der Waals surface area contributed by atoms with Crippen molar-refractivity contribution in [3.05, 3.63) is 29.8 Å². The second-order valence-corrected chi connectivity index (χ2v) is 7.63. The fourth-order valence-electron chi connectivity index (χ4n) is 1.90. The molecule has 140 valence electrons. The van der Waals surface area contributed by atoms with Gasteiger partial charge in [-0.3, -0.25) is 9.59 Å². The van der Waals surface area contributed by atoms with Gasteiger partial charge in [0.15, 0.2) is 0 Å². The first kappa shape index (κ1) is 21.1. The van der Waals surface area contributed by atoms with Gasteiger partial charge >= 0.3 is 5.97 Å². The standard InChI is InChI=1S/C16H24N2O6S/c1-12(2)24-8-9-25(22,23)17-11-15(19)18-14-5-3-4-13(10-14)6-7-16(20)21/h3-5,10,12,17H,6-9,11H2,1-2H3,(H,18,19)(H,20,21). The minimum absolute atomic E-state index is 0.00432. The lowest BCUT2D eigenvalue weighted by Gasteiger charge is -2.10. The van der Waals surface area contributed by atoms with Crippen molar-refractivity contribution in [2.45, 2.75) is 32.8 Å².